The third kappa shape index (κ3) is 7.33. The molecular weight excluding hydrogens is 600 g/mol. The highest BCUT2D eigenvalue weighted by atomic mass is 35.5. The van der Waals surface area contributed by atoms with Gasteiger partial charge in [-0.25, -0.2) is 0 Å². The molecule has 0 aliphatic heterocycles. The van der Waals surface area contributed by atoms with Crippen LogP contribution in [0.5, 0.6) is 5.75 Å². The van der Waals surface area contributed by atoms with Crippen molar-refractivity contribution in [2.24, 2.45) is 11.8 Å². The first-order valence-electron chi connectivity index (χ1n) is 15.3. The summed E-state index contributed by atoms with van der Waals surface area (Å²) >= 11 is 6.00. The number of nitrogens with one attached hydrogen (secondary N) is 2. The number of carbonyl (C=O) groups excluding carboxylic acids is 3. The van der Waals surface area contributed by atoms with Gasteiger partial charge in [-0.15, -0.1) is 0 Å². The number of aryl methyl sites for hydroxylation is 4. The van der Waals surface area contributed by atoms with Crippen LogP contribution in [0.1, 0.15) is 52.6 Å². The predicted octanol–water partition coefficient (Wildman–Crippen LogP) is 7.47. The van der Waals surface area contributed by atoms with Crippen molar-refractivity contribution in [3.8, 4) is 5.75 Å². The second kappa shape index (κ2) is 13.5. The highest BCUT2D eigenvalue weighted by Gasteiger charge is 2.56. The van der Waals surface area contributed by atoms with Gasteiger partial charge >= 0.3 is 0 Å². The van der Waals surface area contributed by atoms with Crippen LogP contribution in [0.2, 0.25) is 5.02 Å². The zero-order valence-corrected chi connectivity index (χ0v) is 27.4. The van der Waals surface area contributed by atoms with E-state index in [1.807, 2.05) is 70.2 Å². The number of aliphatic hydroxyl groups is 1. The number of ketones is 1. The van der Waals surface area contributed by atoms with E-state index in [-0.39, 0.29) is 6.42 Å². The van der Waals surface area contributed by atoms with Gasteiger partial charge in [0.15, 0.2) is 0 Å². The van der Waals surface area contributed by atoms with Crippen molar-refractivity contribution in [3.63, 3.8) is 0 Å². The number of ether oxygens (including phenoxy) is 1. The van der Waals surface area contributed by atoms with E-state index < -0.39 is 41.0 Å². The average Bonchev–Trinajstić information content (AvgIpc) is 2.99. The number of anilines is 2. The molecule has 0 radical (unpaired) electrons. The van der Waals surface area contributed by atoms with E-state index in [1.54, 1.807) is 42.5 Å². The Balaban J connectivity index is 1.51. The molecule has 2 amide bonds. The highest BCUT2D eigenvalue weighted by Crippen LogP contribution is 2.47. The van der Waals surface area contributed by atoms with Crippen LogP contribution in [0, 0.1) is 39.5 Å². The normalized spacial score (nSPS) is 21.0. The van der Waals surface area contributed by atoms with Crippen LogP contribution in [0.25, 0.3) is 0 Å². The molecule has 1 fully saturated rings. The van der Waals surface area contributed by atoms with Crippen LogP contribution in [0.15, 0.2) is 84.9 Å². The van der Waals surface area contributed by atoms with Crippen molar-refractivity contribution in [3.05, 3.63) is 123 Å². The van der Waals surface area contributed by atoms with Crippen LogP contribution in [0.4, 0.5) is 11.4 Å². The van der Waals surface area contributed by atoms with Crippen molar-refractivity contribution >= 4 is 40.6 Å². The topological polar surface area (TPSA) is 105 Å². The minimum atomic E-state index is -1.72. The van der Waals surface area contributed by atoms with Crippen molar-refractivity contribution < 1.29 is 24.2 Å². The second-order valence-electron chi connectivity index (χ2n) is 12.6. The first-order valence-corrected chi connectivity index (χ1v) is 15.7. The molecule has 1 aliphatic rings. The van der Waals surface area contributed by atoms with Gasteiger partial charge in [-0.1, -0.05) is 71.3 Å². The summed E-state index contributed by atoms with van der Waals surface area (Å²) in [6, 6.07) is 25.7. The summed E-state index contributed by atoms with van der Waals surface area (Å²) in [4.78, 5) is 41.9. The van der Waals surface area contributed by atoms with Gasteiger partial charge in [0.2, 0.25) is 11.8 Å². The lowest BCUT2D eigenvalue weighted by atomic mass is 9.61. The number of hydrogen-bond donors (Lipinski definition) is 3. The fraction of sp³-hybridized carbons (Fsp3) is 0.289. The molecule has 7 nitrogen and oxygen atoms in total. The number of Topliss-reactive ketones (excluding diaryl/α,β-unsaturated/α-hetero) is 1. The van der Waals surface area contributed by atoms with Crippen LogP contribution in [-0.4, -0.2) is 28.3 Å². The van der Waals surface area contributed by atoms with E-state index in [2.05, 4.69) is 10.6 Å². The van der Waals surface area contributed by atoms with Gasteiger partial charge in [-0.3, -0.25) is 14.4 Å². The van der Waals surface area contributed by atoms with Crippen LogP contribution < -0.4 is 15.4 Å². The fourth-order valence-corrected chi connectivity index (χ4v) is 6.48. The molecule has 0 heterocycles. The molecular formula is C38H39ClN2O5. The molecule has 1 saturated carbocycles. The molecule has 4 atom stereocenters. The van der Waals surface area contributed by atoms with E-state index in [0.717, 1.165) is 27.8 Å². The van der Waals surface area contributed by atoms with E-state index in [4.69, 9.17) is 16.3 Å². The van der Waals surface area contributed by atoms with Gasteiger partial charge < -0.3 is 20.5 Å². The minimum absolute atomic E-state index is 0.314. The van der Waals surface area contributed by atoms with E-state index in [1.165, 1.54) is 6.92 Å². The van der Waals surface area contributed by atoms with Crippen molar-refractivity contribution in [2.45, 2.75) is 59.2 Å². The maximum Gasteiger partial charge on any atom is 0.235 e. The Morgan fingerprint density at radius 3 is 1.91 bits per heavy atom. The Kier molecular flexibility index (Phi) is 9.66. The number of amides is 2. The summed E-state index contributed by atoms with van der Waals surface area (Å²) in [5.74, 6) is -4.17. The molecule has 4 aromatic rings. The fourth-order valence-electron chi connectivity index (χ4n) is 6.35. The molecule has 5 rings (SSSR count). The Morgan fingerprint density at radius 1 is 0.826 bits per heavy atom. The number of carbonyl (C=O) groups is 3. The van der Waals surface area contributed by atoms with Gasteiger partial charge in [-0.2, -0.15) is 0 Å². The number of rotatable bonds is 8. The summed E-state index contributed by atoms with van der Waals surface area (Å²) in [6.45, 7) is 9.51. The first-order chi connectivity index (χ1) is 21.8. The summed E-state index contributed by atoms with van der Waals surface area (Å²) in [5.41, 5.74) is 4.78. The van der Waals surface area contributed by atoms with Crippen LogP contribution in [0.3, 0.4) is 0 Å². The number of halogens is 1. The summed E-state index contributed by atoms with van der Waals surface area (Å²) < 4.78 is 5.97. The predicted molar refractivity (Wildman–Crippen MR) is 181 cm³/mol. The van der Waals surface area contributed by atoms with Crippen molar-refractivity contribution in [1.29, 1.82) is 0 Å². The van der Waals surface area contributed by atoms with E-state index in [9.17, 15) is 19.5 Å². The third-order valence-electron chi connectivity index (χ3n) is 8.70. The zero-order chi connectivity index (χ0) is 33.2. The molecule has 0 bridgehead atoms. The Labute approximate surface area is 275 Å². The van der Waals surface area contributed by atoms with Gasteiger partial charge in [0, 0.05) is 28.7 Å². The third-order valence-corrected chi connectivity index (χ3v) is 8.95. The molecule has 238 valence electrons. The largest absolute Gasteiger partial charge is 0.489 e. The van der Waals surface area contributed by atoms with E-state index in [0.29, 0.717) is 34.3 Å². The SMILES string of the molecule is Cc1ccc(NC(=O)C2C(=O)CC(C)(O)C(C(=O)Nc3ccc(C)cc3C)C2c2ccc(OCc3ccc(Cl)cc3)cc2)c(C)c1. The molecule has 4 unspecified atom stereocenters. The maximum atomic E-state index is 14.1. The van der Waals surface area contributed by atoms with Gasteiger partial charge in [0.25, 0.3) is 0 Å². The minimum Gasteiger partial charge on any atom is -0.489 e. The quantitative estimate of drug-likeness (QED) is 0.174. The van der Waals surface area contributed by atoms with Gasteiger partial charge in [-0.05, 0) is 93.3 Å². The van der Waals surface area contributed by atoms with Crippen LogP contribution in [-0.2, 0) is 21.0 Å². The van der Waals surface area contributed by atoms with Crippen LogP contribution >= 0.6 is 11.6 Å². The standard InChI is InChI=1S/C38H39ClN2O5/c1-22-6-16-30(24(3)18-22)40-36(43)34-32(42)20-38(5,45)35(37(44)41-31-17-7-23(2)19-25(31)4)33(34)27-10-14-29(15-11-27)46-21-26-8-12-28(39)13-9-26/h6-19,33-35,45H,20-21H2,1-5H3,(H,40,43)(H,41,44). The first kappa shape index (κ1) is 32.9. The highest BCUT2D eigenvalue weighted by molar-refractivity contribution is 6.30. The monoisotopic (exact) mass is 638 g/mol. The number of hydrogen-bond acceptors (Lipinski definition) is 5. The molecule has 3 N–H and O–H groups in total. The van der Waals surface area contributed by atoms with Crippen molar-refractivity contribution in [1.82, 2.24) is 0 Å². The Hall–Kier alpha value is -4.46. The molecule has 46 heavy (non-hydrogen) atoms. The number of benzene rings is 4. The van der Waals surface area contributed by atoms with Gasteiger partial charge in [0.1, 0.15) is 24.1 Å². The maximum absolute atomic E-state index is 14.1. The summed E-state index contributed by atoms with van der Waals surface area (Å²) in [6.07, 6.45) is -0.346. The van der Waals surface area contributed by atoms with E-state index >= 15 is 0 Å². The lowest BCUT2D eigenvalue weighted by molar-refractivity contribution is -0.150. The lowest BCUT2D eigenvalue weighted by Crippen LogP contribution is -2.56. The Morgan fingerprint density at radius 2 is 1.37 bits per heavy atom. The van der Waals surface area contributed by atoms with Crippen molar-refractivity contribution in [2.75, 3.05) is 10.6 Å². The molecule has 4 aromatic carbocycles. The molecule has 0 saturated heterocycles. The molecule has 0 aromatic heterocycles. The zero-order valence-electron chi connectivity index (χ0n) is 26.7. The lowest BCUT2D eigenvalue weighted by Gasteiger charge is -2.44. The summed E-state index contributed by atoms with van der Waals surface area (Å²) in [7, 11) is 0. The second-order valence-corrected chi connectivity index (χ2v) is 13.0. The molecule has 0 spiro atoms. The van der Waals surface area contributed by atoms with Gasteiger partial charge in [0.05, 0.1) is 11.5 Å². The smallest absolute Gasteiger partial charge is 0.235 e. The average molecular weight is 639 g/mol. The Bertz CT molecular complexity index is 1770. The summed E-state index contributed by atoms with van der Waals surface area (Å²) in [5, 5.41) is 18.3. The molecule has 8 heteroatoms. The molecule has 1 aliphatic carbocycles.